The van der Waals surface area contributed by atoms with E-state index >= 15 is 0 Å². The number of hydrogen-bond acceptors (Lipinski definition) is 6. The molecule has 2 N–H and O–H groups in total. The lowest BCUT2D eigenvalue weighted by Gasteiger charge is -2.19. The SMILES string of the molecule is CCC1CCc2sc(-c3nnc(SC(C)C(=O)Nc4ccc(NC(C)=O)cc4)n3C)cc2C1. The van der Waals surface area contributed by atoms with E-state index in [2.05, 4.69) is 33.8 Å². The average Bonchev–Trinajstić information content (AvgIpc) is 3.37. The first-order chi connectivity index (χ1) is 15.8. The molecule has 0 spiro atoms. The number of thioether (sulfide) groups is 1. The standard InChI is InChI=1S/C24H29N5O2S2/c1-5-16-6-11-20-17(12-16)13-21(33-20)22-27-28-24(29(22)4)32-14(2)23(31)26-19-9-7-18(8-10-19)25-15(3)30/h7-10,13-14,16H,5-6,11-12H2,1-4H3,(H,25,30)(H,26,31). The Balaban J connectivity index is 1.40. The van der Waals surface area contributed by atoms with Gasteiger partial charge < -0.3 is 15.2 Å². The van der Waals surface area contributed by atoms with Crippen LogP contribution in [0.25, 0.3) is 10.7 Å². The van der Waals surface area contributed by atoms with Gasteiger partial charge in [0.15, 0.2) is 11.0 Å². The van der Waals surface area contributed by atoms with Gasteiger partial charge in [0.2, 0.25) is 11.8 Å². The van der Waals surface area contributed by atoms with Crippen molar-refractivity contribution in [2.45, 2.75) is 56.9 Å². The fourth-order valence-electron chi connectivity index (χ4n) is 3.99. The summed E-state index contributed by atoms with van der Waals surface area (Å²) in [7, 11) is 1.95. The van der Waals surface area contributed by atoms with Crippen LogP contribution in [-0.2, 0) is 29.5 Å². The second-order valence-corrected chi connectivity index (χ2v) is 10.9. The molecule has 0 aliphatic heterocycles. The Kier molecular flexibility index (Phi) is 7.19. The van der Waals surface area contributed by atoms with Crippen LogP contribution < -0.4 is 10.6 Å². The number of benzene rings is 1. The first kappa shape index (κ1) is 23.5. The van der Waals surface area contributed by atoms with E-state index in [-0.39, 0.29) is 17.1 Å². The number of amides is 2. The third-order valence-electron chi connectivity index (χ3n) is 5.94. The summed E-state index contributed by atoms with van der Waals surface area (Å²) in [4.78, 5) is 26.5. The van der Waals surface area contributed by atoms with Crippen molar-refractivity contribution < 1.29 is 9.59 Å². The molecule has 0 saturated carbocycles. The Bertz CT molecular complexity index is 1150. The second kappa shape index (κ2) is 10.1. The molecule has 3 aromatic rings. The molecule has 0 radical (unpaired) electrons. The number of hydrogen-bond donors (Lipinski definition) is 2. The number of carbonyl (C=O) groups excluding carboxylic acids is 2. The van der Waals surface area contributed by atoms with Gasteiger partial charge in [-0.1, -0.05) is 25.1 Å². The maximum absolute atomic E-state index is 12.7. The predicted molar refractivity (Wildman–Crippen MR) is 135 cm³/mol. The lowest BCUT2D eigenvalue weighted by molar-refractivity contribution is -0.115. The van der Waals surface area contributed by atoms with Crippen molar-refractivity contribution in [3.63, 3.8) is 0 Å². The highest BCUT2D eigenvalue weighted by Crippen LogP contribution is 2.38. The van der Waals surface area contributed by atoms with Gasteiger partial charge in [-0.3, -0.25) is 9.59 Å². The summed E-state index contributed by atoms with van der Waals surface area (Å²) in [6, 6.07) is 9.33. The van der Waals surface area contributed by atoms with E-state index in [0.717, 1.165) is 29.5 Å². The van der Waals surface area contributed by atoms with Crippen LogP contribution in [0.2, 0.25) is 0 Å². The van der Waals surface area contributed by atoms with E-state index in [1.54, 1.807) is 24.3 Å². The lowest BCUT2D eigenvalue weighted by Crippen LogP contribution is -2.22. The smallest absolute Gasteiger partial charge is 0.237 e. The van der Waals surface area contributed by atoms with Gasteiger partial charge in [0.1, 0.15) is 0 Å². The molecule has 0 fully saturated rings. The van der Waals surface area contributed by atoms with E-state index in [9.17, 15) is 9.59 Å². The zero-order valence-corrected chi connectivity index (χ0v) is 21.0. The van der Waals surface area contributed by atoms with E-state index < -0.39 is 0 Å². The molecule has 2 aromatic heterocycles. The van der Waals surface area contributed by atoms with Gasteiger partial charge in [-0.25, -0.2) is 0 Å². The molecule has 0 saturated heterocycles. The minimum Gasteiger partial charge on any atom is -0.326 e. The number of anilines is 2. The first-order valence-electron chi connectivity index (χ1n) is 11.2. The Hall–Kier alpha value is -2.65. The topological polar surface area (TPSA) is 88.9 Å². The number of aryl methyl sites for hydroxylation is 1. The minimum atomic E-state index is -0.349. The number of carbonyl (C=O) groups is 2. The minimum absolute atomic E-state index is 0.117. The maximum Gasteiger partial charge on any atom is 0.237 e. The molecule has 1 aliphatic rings. The molecular formula is C24H29N5O2S2. The summed E-state index contributed by atoms with van der Waals surface area (Å²) >= 11 is 3.21. The van der Waals surface area contributed by atoms with Crippen molar-refractivity contribution in [1.29, 1.82) is 0 Å². The Morgan fingerprint density at radius 3 is 2.58 bits per heavy atom. The monoisotopic (exact) mass is 483 g/mol. The first-order valence-corrected chi connectivity index (χ1v) is 12.9. The second-order valence-electron chi connectivity index (χ2n) is 8.45. The third-order valence-corrected chi connectivity index (χ3v) is 8.31. The highest BCUT2D eigenvalue weighted by molar-refractivity contribution is 8.00. The molecular weight excluding hydrogens is 454 g/mol. The van der Waals surface area contributed by atoms with Crippen LogP contribution in [0.1, 0.15) is 44.1 Å². The Morgan fingerprint density at radius 1 is 1.21 bits per heavy atom. The fourth-order valence-corrected chi connectivity index (χ4v) is 6.03. The quantitative estimate of drug-likeness (QED) is 0.455. The third kappa shape index (κ3) is 5.47. The van der Waals surface area contributed by atoms with Crippen molar-refractivity contribution in [3.05, 3.63) is 40.8 Å². The molecule has 0 bridgehead atoms. The molecule has 1 aromatic carbocycles. The van der Waals surface area contributed by atoms with Crippen LogP contribution >= 0.6 is 23.1 Å². The summed E-state index contributed by atoms with van der Waals surface area (Å²) in [5.41, 5.74) is 2.83. The highest BCUT2D eigenvalue weighted by atomic mass is 32.2. The van der Waals surface area contributed by atoms with Crippen molar-refractivity contribution in [1.82, 2.24) is 14.8 Å². The van der Waals surface area contributed by atoms with Gasteiger partial charge in [-0.05, 0) is 68.0 Å². The van der Waals surface area contributed by atoms with Gasteiger partial charge in [0, 0.05) is 30.2 Å². The zero-order chi connectivity index (χ0) is 23.5. The van der Waals surface area contributed by atoms with Crippen LogP contribution in [0.5, 0.6) is 0 Å². The predicted octanol–water partition coefficient (Wildman–Crippen LogP) is 5.14. The maximum atomic E-state index is 12.7. The summed E-state index contributed by atoms with van der Waals surface area (Å²) in [6.45, 7) is 5.59. The summed E-state index contributed by atoms with van der Waals surface area (Å²) in [6.07, 6.45) is 4.81. The molecule has 2 amide bonds. The Morgan fingerprint density at radius 2 is 1.91 bits per heavy atom. The number of nitrogens with one attached hydrogen (secondary N) is 2. The average molecular weight is 484 g/mol. The van der Waals surface area contributed by atoms with Crippen molar-refractivity contribution in [3.8, 4) is 10.7 Å². The van der Waals surface area contributed by atoms with E-state index in [1.807, 2.05) is 29.9 Å². The summed E-state index contributed by atoms with van der Waals surface area (Å²) in [5.74, 6) is 1.39. The number of thiophene rings is 1. The largest absolute Gasteiger partial charge is 0.326 e. The zero-order valence-electron chi connectivity index (χ0n) is 19.3. The van der Waals surface area contributed by atoms with E-state index in [1.165, 1.54) is 42.0 Å². The van der Waals surface area contributed by atoms with Crippen molar-refractivity contribution in [2.75, 3.05) is 10.6 Å². The number of fused-ring (bicyclic) bond motifs is 1. The fraction of sp³-hybridized carbons (Fsp3) is 0.417. The molecule has 2 heterocycles. The summed E-state index contributed by atoms with van der Waals surface area (Å²) < 4.78 is 1.98. The molecule has 7 nitrogen and oxygen atoms in total. The lowest BCUT2D eigenvalue weighted by atomic mass is 9.87. The van der Waals surface area contributed by atoms with E-state index in [0.29, 0.717) is 16.5 Å². The van der Waals surface area contributed by atoms with Gasteiger partial charge in [0.25, 0.3) is 0 Å². The number of rotatable bonds is 7. The van der Waals surface area contributed by atoms with Crippen LogP contribution in [-0.4, -0.2) is 31.8 Å². The van der Waals surface area contributed by atoms with Crippen LogP contribution in [0.15, 0.2) is 35.5 Å². The molecule has 1 aliphatic carbocycles. The number of nitrogens with zero attached hydrogens (tertiary/aromatic N) is 3. The van der Waals surface area contributed by atoms with Gasteiger partial charge in [0.05, 0.1) is 10.1 Å². The molecule has 174 valence electrons. The highest BCUT2D eigenvalue weighted by Gasteiger charge is 2.24. The molecule has 2 atom stereocenters. The van der Waals surface area contributed by atoms with Crippen molar-refractivity contribution in [2.24, 2.45) is 13.0 Å². The molecule has 2 unspecified atom stereocenters. The number of aromatic nitrogens is 3. The van der Waals surface area contributed by atoms with Crippen molar-refractivity contribution >= 4 is 46.3 Å². The summed E-state index contributed by atoms with van der Waals surface area (Å²) in [5, 5.41) is 14.8. The van der Waals surface area contributed by atoms with Gasteiger partial charge in [-0.2, -0.15) is 0 Å². The normalized spacial score (nSPS) is 16.2. The van der Waals surface area contributed by atoms with Gasteiger partial charge in [-0.15, -0.1) is 21.5 Å². The molecule has 4 rings (SSSR count). The van der Waals surface area contributed by atoms with Crippen LogP contribution in [0.3, 0.4) is 0 Å². The van der Waals surface area contributed by atoms with Crippen LogP contribution in [0, 0.1) is 5.92 Å². The molecule has 9 heteroatoms. The van der Waals surface area contributed by atoms with Gasteiger partial charge >= 0.3 is 0 Å². The Labute approximate surface area is 202 Å². The van der Waals surface area contributed by atoms with Crippen LogP contribution in [0.4, 0.5) is 11.4 Å². The molecule has 33 heavy (non-hydrogen) atoms. The van der Waals surface area contributed by atoms with E-state index in [4.69, 9.17) is 0 Å².